The summed E-state index contributed by atoms with van der Waals surface area (Å²) in [5, 5.41) is 8.87. The number of hydrogen-bond donors (Lipinski definition) is 2. The van der Waals surface area contributed by atoms with E-state index in [1.165, 1.54) is 18.2 Å². The van der Waals surface area contributed by atoms with Crippen LogP contribution < -0.4 is 10.6 Å². The van der Waals surface area contributed by atoms with Crippen molar-refractivity contribution >= 4 is 23.0 Å². The van der Waals surface area contributed by atoms with Gasteiger partial charge in [0.1, 0.15) is 11.6 Å². The summed E-state index contributed by atoms with van der Waals surface area (Å²) in [6.07, 6.45) is 0. The molecule has 0 aliphatic carbocycles. The number of nitrogens with two attached hydrogens (primary N) is 1. The second-order valence-electron chi connectivity index (χ2n) is 4.42. The normalized spacial score (nSPS) is 10.4. The molecule has 2 rings (SSSR count). The predicted molar refractivity (Wildman–Crippen MR) is 76.9 cm³/mol. The molecule has 0 saturated carbocycles. The van der Waals surface area contributed by atoms with Crippen molar-refractivity contribution in [3.63, 3.8) is 0 Å². The molecule has 0 amide bonds. The van der Waals surface area contributed by atoms with Crippen LogP contribution in [0.1, 0.15) is 17.3 Å². The number of nitrogens with zero attached hydrogens (tertiary/aromatic N) is 1. The van der Waals surface area contributed by atoms with Gasteiger partial charge in [-0.3, -0.25) is 0 Å². The zero-order valence-electron chi connectivity index (χ0n) is 11.3. The van der Waals surface area contributed by atoms with E-state index in [4.69, 9.17) is 10.8 Å². The molecule has 2 aromatic carbocycles. The summed E-state index contributed by atoms with van der Waals surface area (Å²) < 4.78 is 27.2. The van der Waals surface area contributed by atoms with Gasteiger partial charge in [-0.2, -0.15) is 0 Å². The van der Waals surface area contributed by atoms with E-state index < -0.39 is 23.2 Å². The number of carboxylic acids is 1. The maximum Gasteiger partial charge on any atom is 0.338 e. The fourth-order valence-electron chi connectivity index (χ4n) is 2.11. The van der Waals surface area contributed by atoms with Gasteiger partial charge in [0.25, 0.3) is 0 Å². The topological polar surface area (TPSA) is 66.6 Å². The summed E-state index contributed by atoms with van der Waals surface area (Å²) >= 11 is 0. The van der Waals surface area contributed by atoms with Crippen LogP contribution >= 0.6 is 0 Å². The SMILES string of the molecule is CCN(c1cccc(F)c1)c1cc(F)c(C(=O)O)cc1N. The van der Waals surface area contributed by atoms with E-state index in [0.717, 1.165) is 12.1 Å². The van der Waals surface area contributed by atoms with Crippen molar-refractivity contribution in [2.75, 3.05) is 17.2 Å². The van der Waals surface area contributed by atoms with Gasteiger partial charge in [-0.25, -0.2) is 13.6 Å². The molecule has 0 atom stereocenters. The Morgan fingerprint density at radius 3 is 2.57 bits per heavy atom. The number of halogens is 2. The van der Waals surface area contributed by atoms with Crippen LogP contribution in [0, 0.1) is 11.6 Å². The lowest BCUT2D eigenvalue weighted by Gasteiger charge is -2.25. The molecule has 0 fully saturated rings. The molecule has 0 unspecified atom stereocenters. The first kappa shape index (κ1) is 14.8. The minimum atomic E-state index is -1.39. The number of hydrogen-bond acceptors (Lipinski definition) is 3. The lowest BCUT2D eigenvalue weighted by atomic mass is 10.1. The first-order valence-electron chi connectivity index (χ1n) is 6.29. The summed E-state index contributed by atoms with van der Waals surface area (Å²) in [5.41, 5.74) is 6.23. The van der Waals surface area contributed by atoms with Crippen LogP contribution in [0.25, 0.3) is 0 Å². The van der Waals surface area contributed by atoms with Crippen LogP contribution in [-0.4, -0.2) is 17.6 Å². The van der Waals surface area contributed by atoms with Crippen molar-refractivity contribution < 1.29 is 18.7 Å². The molecule has 0 spiro atoms. The van der Waals surface area contributed by atoms with E-state index in [0.29, 0.717) is 17.9 Å². The van der Waals surface area contributed by atoms with Crippen LogP contribution in [0.3, 0.4) is 0 Å². The highest BCUT2D eigenvalue weighted by atomic mass is 19.1. The third-order valence-corrected chi connectivity index (χ3v) is 3.07. The molecule has 3 N–H and O–H groups in total. The average molecular weight is 292 g/mol. The summed E-state index contributed by atoms with van der Waals surface area (Å²) in [6, 6.07) is 7.91. The minimum absolute atomic E-state index is 0.111. The molecule has 4 nitrogen and oxygen atoms in total. The van der Waals surface area contributed by atoms with Crippen molar-refractivity contribution in [1.29, 1.82) is 0 Å². The predicted octanol–water partition coefficient (Wildman–Crippen LogP) is 3.40. The molecule has 0 aliphatic rings. The van der Waals surface area contributed by atoms with E-state index >= 15 is 0 Å². The van der Waals surface area contributed by atoms with Crippen LogP contribution in [-0.2, 0) is 0 Å². The van der Waals surface area contributed by atoms with Crippen LogP contribution in [0.15, 0.2) is 36.4 Å². The zero-order valence-corrected chi connectivity index (χ0v) is 11.3. The molecular formula is C15H14F2N2O2. The average Bonchev–Trinajstić information content (AvgIpc) is 2.43. The number of aromatic carboxylic acids is 1. The third-order valence-electron chi connectivity index (χ3n) is 3.07. The molecule has 0 saturated heterocycles. The van der Waals surface area contributed by atoms with E-state index in [1.54, 1.807) is 17.9 Å². The molecule has 0 bridgehead atoms. The van der Waals surface area contributed by atoms with Gasteiger partial charge in [0.15, 0.2) is 0 Å². The highest BCUT2D eigenvalue weighted by Gasteiger charge is 2.18. The summed E-state index contributed by atoms with van der Waals surface area (Å²) in [7, 11) is 0. The van der Waals surface area contributed by atoms with E-state index in [-0.39, 0.29) is 5.69 Å². The summed E-state index contributed by atoms with van der Waals surface area (Å²) in [5.74, 6) is -2.70. The smallest absolute Gasteiger partial charge is 0.338 e. The number of nitrogen functional groups attached to an aromatic ring is 1. The minimum Gasteiger partial charge on any atom is -0.478 e. The van der Waals surface area contributed by atoms with Gasteiger partial charge >= 0.3 is 5.97 Å². The van der Waals surface area contributed by atoms with Gasteiger partial charge in [0.2, 0.25) is 0 Å². The van der Waals surface area contributed by atoms with Gasteiger partial charge in [0, 0.05) is 18.3 Å². The summed E-state index contributed by atoms with van der Waals surface area (Å²) in [4.78, 5) is 12.5. The van der Waals surface area contributed by atoms with Gasteiger partial charge < -0.3 is 15.7 Å². The largest absolute Gasteiger partial charge is 0.478 e. The zero-order chi connectivity index (χ0) is 15.6. The van der Waals surface area contributed by atoms with Crippen molar-refractivity contribution in [2.45, 2.75) is 6.92 Å². The lowest BCUT2D eigenvalue weighted by Crippen LogP contribution is -2.18. The number of benzene rings is 2. The van der Waals surface area contributed by atoms with Gasteiger partial charge in [-0.15, -0.1) is 0 Å². The Hall–Kier alpha value is -2.63. The van der Waals surface area contributed by atoms with Crippen LogP contribution in [0.4, 0.5) is 25.8 Å². The molecule has 21 heavy (non-hydrogen) atoms. The number of carboxylic acid groups (broad SMARTS) is 1. The molecular weight excluding hydrogens is 278 g/mol. The molecule has 0 aliphatic heterocycles. The molecule has 2 aromatic rings. The van der Waals surface area contributed by atoms with E-state index in [1.807, 2.05) is 0 Å². The first-order chi connectivity index (χ1) is 9.93. The van der Waals surface area contributed by atoms with Crippen LogP contribution in [0.5, 0.6) is 0 Å². The lowest BCUT2D eigenvalue weighted by molar-refractivity contribution is 0.0692. The maximum absolute atomic E-state index is 13.8. The molecule has 0 aromatic heterocycles. The molecule has 6 heteroatoms. The Bertz CT molecular complexity index is 689. The van der Waals surface area contributed by atoms with Crippen LogP contribution in [0.2, 0.25) is 0 Å². The fourth-order valence-corrected chi connectivity index (χ4v) is 2.11. The Balaban J connectivity index is 2.53. The van der Waals surface area contributed by atoms with E-state index in [9.17, 15) is 13.6 Å². The second-order valence-corrected chi connectivity index (χ2v) is 4.42. The van der Waals surface area contributed by atoms with Gasteiger partial charge in [-0.05, 0) is 31.2 Å². The fraction of sp³-hybridized carbons (Fsp3) is 0.133. The quantitative estimate of drug-likeness (QED) is 0.848. The number of anilines is 3. The highest BCUT2D eigenvalue weighted by Crippen LogP contribution is 2.32. The molecule has 0 heterocycles. The highest BCUT2D eigenvalue weighted by molar-refractivity contribution is 5.91. The standard InChI is InChI=1S/C15H14F2N2O2/c1-2-19(10-5-3-4-9(16)6-10)14-8-12(17)11(15(20)21)7-13(14)18/h3-8H,2,18H2,1H3,(H,20,21). The van der Waals surface area contributed by atoms with Gasteiger partial charge in [0.05, 0.1) is 16.9 Å². The van der Waals surface area contributed by atoms with Crippen molar-refractivity contribution in [1.82, 2.24) is 0 Å². The van der Waals surface area contributed by atoms with E-state index in [2.05, 4.69) is 0 Å². The monoisotopic (exact) mass is 292 g/mol. The second kappa shape index (κ2) is 5.78. The summed E-state index contributed by atoms with van der Waals surface area (Å²) in [6.45, 7) is 2.22. The Morgan fingerprint density at radius 2 is 2.00 bits per heavy atom. The van der Waals surface area contributed by atoms with Gasteiger partial charge in [-0.1, -0.05) is 6.07 Å². The maximum atomic E-state index is 13.8. The van der Waals surface area contributed by atoms with Crippen molar-refractivity contribution in [2.24, 2.45) is 0 Å². The van der Waals surface area contributed by atoms with Crippen molar-refractivity contribution in [3.05, 3.63) is 53.6 Å². The number of carbonyl (C=O) groups is 1. The Kier molecular flexibility index (Phi) is 4.07. The van der Waals surface area contributed by atoms with Crippen molar-refractivity contribution in [3.8, 4) is 0 Å². The Morgan fingerprint density at radius 1 is 1.29 bits per heavy atom. The third kappa shape index (κ3) is 2.94. The molecule has 0 radical (unpaired) electrons. The number of rotatable bonds is 4. The Labute approximate surface area is 120 Å². The first-order valence-corrected chi connectivity index (χ1v) is 6.29. The molecule has 110 valence electrons.